The highest BCUT2D eigenvalue weighted by molar-refractivity contribution is 5.56. The third kappa shape index (κ3) is 2.91. The number of hydrogen-bond donors (Lipinski definition) is 2. The first-order chi connectivity index (χ1) is 11.3. The lowest BCUT2D eigenvalue weighted by atomic mass is 9.88. The minimum absolute atomic E-state index is 0.704. The normalized spacial score (nSPS) is 17.2. The Morgan fingerprint density at radius 3 is 2.83 bits per heavy atom. The summed E-state index contributed by atoms with van der Waals surface area (Å²) in [7, 11) is 0. The number of aromatic amines is 2. The molecule has 23 heavy (non-hydrogen) atoms. The van der Waals surface area contributed by atoms with Crippen molar-refractivity contribution in [2.45, 2.75) is 39.0 Å². The van der Waals surface area contributed by atoms with E-state index in [0.29, 0.717) is 5.92 Å². The lowest BCUT2D eigenvalue weighted by Gasteiger charge is -2.17. The number of H-pyrrole nitrogens is 2. The zero-order valence-corrected chi connectivity index (χ0v) is 13.3. The molecular weight excluding hydrogens is 286 g/mol. The average molecular weight is 307 g/mol. The van der Waals surface area contributed by atoms with Gasteiger partial charge in [-0.15, -0.1) is 0 Å². The molecule has 0 spiro atoms. The van der Waals surface area contributed by atoms with Crippen LogP contribution >= 0.6 is 0 Å². The molecule has 1 aromatic carbocycles. The van der Waals surface area contributed by atoms with Crippen LogP contribution in [0.5, 0.6) is 0 Å². The van der Waals surface area contributed by atoms with E-state index >= 15 is 0 Å². The first-order valence-corrected chi connectivity index (χ1v) is 8.31. The number of aromatic nitrogens is 5. The molecule has 0 unspecified atom stereocenters. The van der Waals surface area contributed by atoms with Crippen molar-refractivity contribution in [2.24, 2.45) is 5.92 Å². The second kappa shape index (κ2) is 5.99. The van der Waals surface area contributed by atoms with Gasteiger partial charge in [-0.3, -0.25) is 10.2 Å². The average Bonchev–Trinajstić information content (AvgIpc) is 3.20. The van der Waals surface area contributed by atoms with Crippen molar-refractivity contribution in [2.75, 3.05) is 0 Å². The molecule has 118 valence electrons. The fraction of sp³-hybridized carbons (Fsp3) is 0.389. The molecule has 2 N–H and O–H groups in total. The number of hydrogen-bond acceptors (Lipinski definition) is 3. The van der Waals surface area contributed by atoms with Gasteiger partial charge < -0.3 is 0 Å². The van der Waals surface area contributed by atoms with Crippen LogP contribution in [0.4, 0.5) is 0 Å². The van der Waals surface area contributed by atoms with Crippen LogP contribution in [0.15, 0.2) is 30.3 Å². The van der Waals surface area contributed by atoms with Gasteiger partial charge in [0.2, 0.25) is 5.82 Å². The SMILES string of the molecule is C[C@@H]1CCc2[nH]nc(-c3n[nH]c(CCc4ccccc4)n3)c2C1. The highest BCUT2D eigenvalue weighted by Gasteiger charge is 2.23. The maximum absolute atomic E-state index is 4.65. The Morgan fingerprint density at radius 1 is 1.09 bits per heavy atom. The molecule has 2 heterocycles. The molecule has 2 aromatic heterocycles. The minimum atomic E-state index is 0.704. The summed E-state index contributed by atoms with van der Waals surface area (Å²) in [6.45, 7) is 2.29. The van der Waals surface area contributed by atoms with Crippen LogP contribution in [0.1, 0.15) is 36.0 Å². The number of benzene rings is 1. The van der Waals surface area contributed by atoms with E-state index in [0.717, 1.165) is 43.0 Å². The van der Waals surface area contributed by atoms with Crippen LogP contribution in [0.25, 0.3) is 11.5 Å². The van der Waals surface area contributed by atoms with E-state index in [9.17, 15) is 0 Å². The van der Waals surface area contributed by atoms with Crippen LogP contribution in [0.2, 0.25) is 0 Å². The van der Waals surface area contributed by atoms with Crippen molar-refractivity contribution in [1.82, 2.24) is 25.4 Å². The number of aryl methyl sites for hydroxylation is 3. The molecule has 1 aliphatic carbocycles. The summed E-state index contributed by atoms with van der Waals surface area (Å²) in [6, 6.07) is 10.5. The van der Waals surface area contributed by atoms with E-state index in [4.69, 9.17) is 0 Å². The van der Waals surface area contributed by atoms with E-state index in [1.807, 2.05) is 6.07 Å². The van der Waals surface area contributed by atoms with Gasteiger partial charge in [0.15, 0.2) is 0 Å². The standard InChI is InChI=1S/C18H21N5/c1-12-7-9-15-14(11-12)17(22-20-15)18-19-16(21-23-18)10-8-13-5-3-2-4-6-13/h2-6,12H,7-11H2,1H3,(H,20,22)(H,19,21,23)/t12-/m1/s1. The lowest BCUT2D eigenvalue weighted by molar-refractivity contribution is 0.498. The van der Waals surface area contributed by atoms with Gasteiger partial charge in [0.25, 0.3) is 0 Å². The van der Waals surface area contributed by atoms with Crippen LogP contribution < -0.4 is 0 Å². The molecule has 4 rings (SSSR count). The van der Waals surface area contributed by atoms with Gasteiger partial charge in [-0.2, -0.15) is 10.2 Å². The van der Waals surface area contributed by atoms with Gasteiger partial charge in [0.05, 0.1) is 0 Å². The molecule has 0 aliphatic heterocycles. The molecule has 0 saturated heterocycles. The summed E-state index contributed by atoms with van der Waals surface area (Å²) >= 11 is 0. The molecule has 1 atom stereocenters. The summed E-state index contributed by atoms with van der Waals surface area (Å²) in [5.41, 5.74) is 4.80. The van der Waals surface area contributed by atoms with Crippen molar-refractivity contribution in [3.8, 4) is 11.5 Å². The number of rotatable bonds is 4. The van der Waals surface area contributed by atoms with Gasteiger partial charge in [-0.1, -0.05) is 37.3 Å². The first-order valence-electron chi connectivity index (χ1n) is 8.31. The molecule has 3 aromatic rings. The van der Waals surface area contributed by atoms with Gasteiger partial charge in [-0.05, 0) is 37.2 Å². The Bertz CT molecular complexity index is 787. The van der Waals surface area contributed by atoms with Gasteiger partial charge >= 0.3 is 0 Å². The second-order valence-electron chi connectivity index (χ2n) is 6.47. The van der Waals surface area contributed by atoms with Crippen molar-refractivity contribution >= 4 is 0 Å². The van der Waals surface area contributed by atoms with E-state index < -0.39 is 0 Å². The minimum Gasteiger partial charge on any atom is -0.282 e. The van der Waals surface area contributed by atoms with Gasteiger partial charge in [0.1, 0.15) is 11.5 Å². The Hall–Kier alpha value is -2.43. The van der Waals surface area contributed by atoms with Crippen LogP contribution in [0, 0.1) is 5.92 Å². The fourth-order valence-corrected chi connectivity index (χ4v) is 3.27. The molecule has 0 amide bonds. The lowest BCUT2D eigenvalue weighted by Crippen LogP contribution is -2.10. The second-order valence-corrected chi connectivity index (χ2v) is 6.47. The van der Waals surface area contributed by atoms with Crippen LogP contribution in [-0.2, 0) is 25.7 Å². The molecule has 0 fully saturated rings. The predicted molar refractivity (Wildman–Crippen MR) is 89.0 cm³/mol. The molecule has 5 nitrogen and oxygen atoms in total. The van der Waals surface area contributed by atoms with E-state index in [1.54, 1.807) is 0 Å². The molecule has 0 saturated carbocycles. The quantitative estimate of drug-likeness (QED) is 0.778. The monoisotopic (exact) mass is 307 g/mol. The fourth-order valence-electron chi connectivity index (χ4n) is 3.27. The van der Waals surface area contributed by atoms with Crippen LogP contribution in [-0.4, -0.2) is 25.4 Å². The summed E-state index contributed by atoms with van der Waals surface area (Å²) in [5.74, 6) is 2.35. The Labute approximate surface area is 135 Å². The molecule has 5 heteroatoms. The van der Waals surface area contributed by atoms with E-state index in [2.05, 4.69) is 56.6 Å². The van der Waals surface area contributed by atoms with Gasteiger partial charge in [0, 0.05) is 17.7 Å². The predicted octanol–water partition coefficient (Wildman–Crippen LogP) is 3.10. The maximum atomic E-state index is 4.65. The Morgan fingerprint density at radius 2 is 1.96 bits per heavy atom. The van der Waals surface area contributed by atoms with Crippen molar-refractivity contribution in [3.63, 3.8) is 0 Å². The summed E-state index contributed by atoms with van der Waals surface area (Å²) < 4.78 is 0. The van der Waals surface area contributed by atoms with Crippen molar-refractivity contribution in [1.29, 1.82) is 0 Å². The highest BCUT2D eigenvalue weighted by Crippen LogP contribution is 2.30. The number of nitrogens with one attached hydrogen (secondary N) is 2. The first kappa shape index (κ1) is 14.2. The summed E-state index contributed by atoms with van der Waals surface area (Å²) in [4.78, 5) is 4.65. The third-order valence-corrected chi connectivity index (χ3v) is 4.63. The summed E-state index contributed by atoms with van der Waals surface area (Å²) in [6.07, 6.45) is 5.19. The van der Waals surface area contributed by atoms with E-state index in [-0.39, 0.29) is 0 Å². The third-order valence-electron chi connectivity index (χ3n) is 4.63. The zero-order chi connectivity index (χ0) is 15.6. The van der Waals surface area contributed by atoms with Crippen LogP contribution in [0.3, 0.4) is 0 Å². The Balaban J connectivity index is 1.51. The Kier molecular flexibility index (Phi) is 3.69. The molecule has 0 bridgehead atoms. The highest BCUT2D eigenvalue weighted by atomic mass is 15.2. The van der Waals surface area contributed by atoms with Crippen molar-refractivity contribution in [3.05, 3.63) is 53.0 Å². The maximum Gasteiger partial charge on any atom is 0.201 e. The largest absolute Gasteiger partial charge is 0.282 e. The smallest absolute Gasteiger partial charge is 0.201 e. The van der Waals surface area contributed by atoms with Gasteiger partial charge in [-0.25, -0.2) is 4.98 Å². The zero-order valence-electron chi connectivity index (χ0n) is 13.3. The molecule has 1 aliphatic rings. The van der Waals surface area contributed by atoms with E-state index in [1.165, 1.54) is 23.2 Å². The number of nitrogens with zero attached hydrogens (tertiary/aromatic N) is 3. The molecule has 0 radical (unpaired) electrons. The number of fused-ring (bicyclic) bond motifs is 1. The van der Waals surface area contributed by atoms with Crippen molar-refractivity contribution < 1.29 is 0 Å². The summed E-state index contributed by atoms with van der Waals surface area (Å²) in [5, 5.41) is 15.1. The topological polar surface area (TPSA) is 70.2 Å². The molecular formula is C18H21N5.